The average Bonchev–Trinajstić information content (AvgIpc) is 3.31. The van der Waals surface area contributed by atoms with Crippen molar-refractivity contribution in [2.45, 2.75) is 19.4 Å². The number of pyridine rings is 1. The van der Waals surface area contributed by atoms with Gasteiger partial charge in [0.15, 0.2) is 0 Å². The lowest BCUT2D eigenvalue weighted by Crippen LogP contribution is -2.04. The van der Waals surface area contributed by atoms with Gasteiger partial charge in [-0.3, -0.25) is 9.98 Å². The van der Waals surface area contributed by atoms with Crippen LogP contribution in [0.25, 0.3) is 6.08 Å². The topological polar surface area (TPSA) is 25.2 Å². The van der Waals surface area contributed by atoms with Crippen molar-refractivity contribution < 1.29 is 0 Å². The van der Waals surface area contributed by atoms with Gasteiger partial charge in [-0.25, -0.2) is 0 Å². The maximum Gasteiger partial charge on any atom is 0.0727 e. The Morgan fingerprint density at radius 1 is 0.963 bits per heavy atom. The zero-order valence-corrected chi connectivity index (χ0v) is 15.7. The van der Waals surface area contributed by atoms with Gasteiger partial charge in [-0.05, 0) is 58.5 Å². The minimum absolute atomic E-state index is 0.754. The van der Waals surface area contributed by atoms with E-state index in [0.717, 1.165) is 35.5 Å². The fourth-order valence-corrected chi connectivity index (χ4v) is 4.17. The van der Waals surface area contributed by atoms with E-state index in [1.54, 1.807) is 0 Å². The number of hydrogen-bond donors (Lipinski definition) is 0. The second-order valence-corrected chi connectivity index (χ2v) is 7.53. The van der Waals surface area contributed by atoms with Crippen molar-refractivity contribution in [3.05, 3.63) is 106 Å². The van der Waals surface area contributed by atoms with Crippen molar-refractivity contribution in [1.29, 1.82) is 0 Å². The number of rotatable bonds is 4. The minimum atomic E-state index is 0.754. The molecule has 2 aliphatic rings. The van der Waals surface area contributed by atoms with Gasteiger partial charge >= 0.3 is 0 Å². The number of aromatic nitrogens is 1. The highest BCUT2D eigenvalue weighted by Gasteiger charge is 2.23. The van der Waals surface area contributed by atoms with E-state index in [-0.39, 0.29) is 0 Å². The van der Waals surface area contributed by atoms with E-state index in [2.05, 4.69) is 47.5 Å². The first-order chi connectivity index (χ1) is 13.3. The van der Waals surface area contributed by atoms with Crippen LogP contribution in [0.3, 0.4) is 0 Å². The van der Waals surface area contributed by atoms with Crippen molar-refractivity contribution in [2.24, 2.45) is 4.99 Å². The third-order valence-corrected chi connectivity index (χ3v) is 5.66. The number of benzene rings is 2. The monoisotopic (exact) mass is 366 g/mol. The van der Waals surface area contributed by atoms with Gasteiger partial charge in [-0.1, -0.05) is 48.6 Å². The first kappa shape index (κ1) is 16.3. The predicted molar refractivity (Wildman–Crippen MR) is 114 cm³/mol. The molecule has 5 rings (SSSR count). The molecule has 130 valence electrons. The third-order valence-electron chi connectivity index (χ3n) is 5.26. The molecule has 0 saturated carbocycles. The van der Waals surface area contributed by atoms with Crippen molar-refractivity contribution in [3.8, 4) is 0 Å². The summed E-state index contributed by atoms with van der Waals surface area (Å²) in [5.74, 6) is 0. The summed E-state index contributed by atoms with van der Waals surface area (Å²) in [4.78, 5) is 9.92. The van der Waals surface area contributed by atoms with Crippen LogP contribution in [0.2, 0.25) is 0 Å². The summed E-state index contributed by atoms with van der Waals surface area (Å²) >= 11 is 5.75. The Labute approximate surface area is 164 Å². The first-order valence-corrected chi connectivity index (χ1v) is 9.57. The normalized spacial score (nSPS) is 14.4. The summed E-state index contributed by atoms with van der Waals surface area (Å²) in [6.07, 6.45) is 7.67. The Bertz CT molecular complexity index is 1100. The summed E-state index contributed by atoms with van der Waals surface area (Å²) in [6, 6.07) is 19.1. The molecule has 0 radical (unpaired) electrons. The van der Waals surface area contributed by atoms with Crippen molar-refractivity contribution in [1.82, 2.24) is 4.98 Å². The number of thiocarbonyl (C=S) groups is 1. The molecular weight excluding hydrogens is 348 g/mol. The fourth-order valence-electron chi connectivity index (χ4n) is 3.87. The second-order valence-electron chi connectivity index (χ2n) is 7.04. The van der Waals surface area contributed by atoms with E-state index in [9.17, 15) is 0 Å². The van der Waals surface area contributed by atoms with Crippen LogP contribution in [-0.2, 0) is 19.4 Å². The number of nitrogens with zero attached hydrogens (tertiary/aromatic N) is 2. The smallest absolute Gasteiger partial charge is 0.0727 e. The van der Waals surface area contributed by atoms with Crippen LogP contribution in [-0.4, -0.2) is 15.6 Å². The maximum absolute atomic E-state index is 5.75. The molecule has 1 aliphatic heterocycles. The van der Waals surface area contributed by atoms with E-state index in [0.29, 0.717) is 0 Å². The Kier molecular flexibility index (Phi) is 4.02. The van der Waals surface area contributed by atoms with Gasteiger partial charge in [-0.15, -0.1) is 0 Å². The Hall–Kier alpha value is -2.91. The van der Waals surface area contributed by atoms with Crippen molar-refractivity contribution in [3.63, 3.8) is 0 Å². The number of fused-ring (bicyclic) bond motifs is 2. The zero-order valence-electron chi connectivity index (χ0n) is 14.9. The van der Waals surface area contributed by atoms with Gasteiger partial charge in [0.05, 0.1) is 12.3 Å². The quantitative estimate of drug-likeness (QED) is 0.608. The van der Waals surface area contributed by atoms with Gasteiger partial charge in [0, 0.05) is 34.8 Å². The fraction of sp³-hybridized carbons (Fsp3) is 0.125. The molecule has 1 aromatic heterocycles. The van der Waals surface area contributed by atoms with Gasteiger partial charge in [0.2, 0.25) is 0 Å². The molecule has 27 heavy (non-hydrogen) atoms. The van der Waals surface area contributed by atoms with E-state index < -0.39 is 0 Å². The largest absolute Gasteiger partial charge is 0.279 e. The first-order valence-electron chi connectivity index (χ1n) is 9.16. The molecule has 0 saturated heterocycles. The highest BCUT2D eigenvalue weighted by Crippen LogP contribution is 2.33. The van der Waals surface area contributed by atoms with Crippen LogP contribution in [0.15, 0.2) is 77.6 Å². The summed E-state index contributed by atoms with van der Waals surface area (Å²) in [5, 5.41) is 0. The standard InChI is InChI=1S/C24H18N2S/c27-23(10-16-4-2-1-3-5-16)20-11-18-13-21-15-26-24(17-6-8-25-9-7-17)22(21)14-19(18)12-20/h1-9,12-14H,10-11,15H2. The summed E-state index contributed by atoms with van der Waals surface area (Å²) in [6.45, 7) is 0.754. The molecule has 0 fully saturated rings. The SMILES string of the molecule is S=C(Cc1ccccc1)C1=Cc2cc3c(cc2C1)CN=C3c1ccncc1. The van der Waals surface area contributed by atoms with E-state index >= 15 is 0 Å². The molecule has 3 aromatic rings. The minimum Gasteiger partial charge on any atom is -0.279 e. The lowest BCUT2D eigenvalue weighted by molar-refractivity contribution is 1.09. The highest BCUT2D eigenvalue weighted by atomic mass is 32.1. The van der Waals surface area contributed by atoms with Crippen LogP contribution < -0.4 is 0 Å². The van der Waals surface area contributed by atoms with E-state index in [1.807, 2.05) is 30.6 Å². The zero-order chi connectivity index (χ0) is 18.2. The molecule has 1 aliphatic carbocycles. The molecule has 0 bridgehead atoms. The highest BCUT2D eigenvalue weighted by molar-refractivity contribution is 7.80. The molecule has 0 atom stereocenters. The van der Waals surface area contributed by atoms with Gasteiger partial charge in [0.1, 0.15) is 0 Å². The van der Waals surface area contributed by atoms with Crippen molar-refractivity contribution in [2.75, 3.05) is 0 Å². The molecule has 0 N–H and O–H groups in total. The lowest BCUT2D eigenvalue weighted by Gasteiger charge is -2.07. The van der Waals surface area contributed by atoms with Crippen LogP contribution in [0, 0.1) is 0 Å². The molecule has 2 nitrogen and oxygen atoms in total. The number of hydrogen-bond acceptors (Lipinski definition) is 3. The summed E-state index contributed by atoms with van der Waals surface area (Å²) in [5.41, 5.74) is 9.95. The number of allylic oxidation sites excluding steroid dienone is 1. The third kappa shape index (κ3) is 3.04. The van der Waals surface area contributed by atoms with Crippen molar-refractivity contribution >= 4 is 28.9 Å². The van der Waals surface area contributed by atoms with Crippen LogP contribution in [0.5, 0.6) is 0 Å². The molecule has 0 spiro atoms. The average molecular weight is 366 g/mol. The van der Waals surface area contributed by atoms with Gasteiger partial charge in [0.25, 0.3) is 0 Å². The Morgan fingerprint density at radius 2 is 1.78 bits per heavy atom. The maximum atomic E-state index is 5.75. The van der Waals surface area contributed by atoms with Gasteiger partial charge < -0.3 is 0 Å². The Balaban J connectivity index is 1.43. The molecule has 2 heterocycles. The second kappa shape index (κ2) is 6.67. The summed E-state index contributed by atoms with van der Waals surface area (Å²) < 4.78 is 0. The molecule has 0 amide bonds. The van der Waals surface area contributed by atoms with Gasteiger partial charge in [-0.2, -0.15) is 0 Å². The van der Waals surface area contributed by atoms with E-state index in [4.69, 9.17) is 17.2 Å². The predicted octanol–water partition coefficient (Wildman–Crippen LogP) is 4.98. The number of aliphatic imine (C=N–C) groups is 1. The Morgan fingerprint density at radius 3 is 2.59 bits per heavy atom. The van der Waals surface area contributed by atoms with Crippen LogP contribution in [0.4, 0.5) is 0 Å². The molecule has 3 heteroatoms. The van der Waals surface area contributed by atoms with E-state index in [1.165, 1.54) is 33.4 Å². The molecule has 2 aromatic carbocycles. The lowest BCUT2D eigenvalue weighted by atomic mass is 9.96. The summed E-state index contributed by atoms with van der Waals surface area (Å²) in [7, 11) is 0. The molecule has 0 unspecified atom stereocenters. The van der Waals surface area contributed by atoms with Crippen LogP contribution >= 0.6 is 12.2 Å². The van der Waals surface area contributed by atoms with Crippen LogP contribution in [0.1, 0.15) is 33.4 Å². The molecular formula is C24H18N2S.